The van der Waals surface area contributed by atoms with Crippen LogP contribution < -0.4 is 5.73 Å². The molecular formula is C12H19NOSi. The van der Waals surface area contributed by atoms with Gasteiger partial charge in [-0.2, -0.15) is 0 Å². The molecule has 1 rings (SSSR count). The fourth-order valence-electron chi connectivity index (χ4n) is 1.52. The van der Waals surface area contributed by atoms with Crippen LogP contribution in [0.5, 0.6) is 0 Å². The quantitative estimate of drug-likeness (QED) is 0.790. The lowest BCUT2D eigenvalue weighted by Crippen LogP contribution is -2.47. The lowest BCUT2D eigenvalue weighted by atomic mass is 10.1. The zero-order chi connectivity index (χ0) is 11.5. The summed E-state index contributed by atoms with van der Waals surface area (Å²) in [5.74, 6) is 0. The van der Waals surface area contributed by atoms with Gasteiger partial charge in [-0.15, -0.1) is 0 Å². The maximum absolute atomic E-state index is 11.9. The number of benzene rings is 1. The third kappa shape index (κ3) is 3.61. The van der Waals surface area contributed by atoms with Gasteiger partial charge in [0, 0.05) is 0 Å². The smallest absolute Gasteiger partial charge is 0.127 e. The normalized spacial score (nSPS) is 13.6. The van der Waals surface area contributed by atoms with Gasteiger partial charge in [0.2, 0.25) is 0 Å². The van der Waals surface area contributed by atoms with Crippen LogP contribution in [0, 0.1) is 0 Å². The second kappa shape index (κ2) is 4.73. The van der Waals surface area contributed by atoms with Gasteiger partial charge in [0.05, 0.1) is 6.04 Å². The molecule has 0 heterocycles. The summed E-state index contributed by atoms with van der Waals surface area (Å²) in [5, 5.41) is 0.256. The van der Waals surface area contributed by atoms with Gasteiger partial charge in [-0.25, -0.2) is 0 Å². The minimum atomic E-state index is -1.74. The van der Waals surface area contributed by atoms with Crippen LogP contribution in [0.3, 0.4) is 0 Å². The number of carbonyl (C=O) groups excluding carboxylic acids is 1. The third-order valence-corrected chi connectivity index (χ3v) is 4.22. The molecule has 2 nitrogen and oxygen atoms in total. The minimum absolute atomic E-state index is 0.256. The van der Waals surface area contributed by atoms with Crippen molar-refractivity contribution in [3.05, 3.63) is 35.9 Å². The predicted molar refractivity (Wildman–Crippen MR) is 66.5 cm³/mol. The molecule has 0 fully saturated rings. The van der Waals surface area contributed by atoms with E-state index in [1.54, 1.807) is 0 Å². The Labute approximate surface area is 92.5 Å². The molecule has 0 amide bonds. The Morgan fingerprint density at radius 2 is 1.80 bits per heavy atom. The zero-order valence-electron chi connectivity index (χ0n) is 9.66. The Kier molecular flexibility index (Phi) is 3.82. The first-order valence-corrected chi connectivity index (χ1v) is 8.75. The summed E-state index contributed by atoms with van der Waals surface area (Å²) in [6, 6.07) is 9.60. The van der Waals surface area contributed by atoms with Gasteiger partial charge in [0.25, 0.3) is 0 Å². The SMILES string of the molecule is C[Si](C)(C)C(=O)[C@@H](N)Cc1ccccc1. The molecule has 0 bridgehead atoms. The average molecular weight is 221 g/mol. The van der Waals surface area contributed by atoms with Crippen molar-refractivity contribution >= 4 is 13.5 Å². The molecule has 0 aliphatic rings. The molecule has 0 saturated heterocycles. The summed E-state index contributed by atoms with van der Waals surface area (Å²) in [4.78, 5) is 11.9. The molecule has 0 spiro atoms. The number of hydrogen-bond acceptors (Lipinski definition) is 2. The van der Waals surface area contributed by atoms with Gasteiger partial charge in [-0.1, -0.05) is 50.0 Å². The topological polar surface area (TPSA) is 43.1 Å². The molecule has 15 heavy (non-hydrogen) atoms. The Morgan fingerprint density at radius 3 is 2.27 bits per heavy atom. The first-order valence-electron chi connectivity index (χ1n) is 5.25. The van der Waals surface area contributed by atoms with Crippen molar-refractivity contribution in [1.82, 2.24) is 0 Å². The Bertz CT molecular complexity index is 329. The molecule has 1 atom stereocenters. The lowest BCUT2D eigenvalue weighted by Gasteiger charge is -2.19. The summed E-state index contributed by atoms with van der Waals surface area (Å²) in [6.07, 6.45) is 0.657. The fourth-order valence-corrected chi connectivity index (χ4v) is 2.73. The van der Waals surface area contributed by atoms with E-state index < -0.39 is 8.07 Å². The van der Waals surface area contributed by atoms with Gasteiger partial charge in [-0.05, 0) is 12.0 Å². The van der Waals surface area contributed by atoms with Crippen molar-refractivity contribution in [2.75, 3.05) is 0 Å². The monoisotopic (exact) mass is 221 g/mol. The maximum Gasteiger partial charge on any atom is 0.127 e. The standard InChI is InChI=1S/C12H19NOSi/c1-15(2,3)12(14)11(13)9-10-7-5-4-6-8-10/h4-8,11H,9,13H2,1-3H3/t11-/m0/s1. The number of rotatable bonds is 4. The van der Waals surface area contributed by atoms with Crippen LogP contribution in [0.25, 0.3) is 0 Å². The van der Waals surface area contributed by atoms with E-state index in [9.17, 15) is 4.79 Å². The van der Waals surface area contributed by atoms with Crippen LogP contribution >= 0.6 is 0 Å². The predicted octanol–water partition coefficient (Wildman–Crippen LogP) is 2.00. The molecule has 0 radical (unpaired) electrons. The number of hydrogen-bond donors (Lipinski definition) is 1. The van der Waals surface area contributed by atoms with Crippen LogP contribution in [-0.2, 0) is 11.2 Å². The van der Waals surface area contributed by atoms with Crippen molar-refractivity contribution in [3.63, 3.8) is 0 Å². The Hall–Kier alpha value is -0.933. The van der Waals surface area contributed by atoms with Gasteiger partial charge >= 0.3 is 0 Å². The van der Waals surface area contributed by atoms with Crippen LogP contribution in [-0.4, -0.2) is 19.5 Å². The highest BCUT2D eigenvalue weighted by Crippen LogP contribution is 2.09. The van der Waals surface area contributed by atoms with E-state index in [0.717, 1.165) is 5.56 Å². The van der Waals surface area contributed by atoms with Gasteiger partial charge in [0.15, 0.2) is 0 Å². The van der Waals surface area contributed by atoms with Crippen molar-refractivity contribution in [2.24, 2.45) is 5.73 Å². The molecule has 1 aromatic carbocycles. The van der Waals surface area contributed by atoms with E-state index in [-0.39, 0.29) is 11.4 Å². The van der Waals surface area contributed by atoms with E-state index in [2.05, 4.69) is 0 Å². The third-order valence-electron chi connectivity index (χ3n) is 2.37. The first kappa shape index (κ1) is 12.1. The highest BCUT2D eigenvalue weighted by molar-refractivity contribution is 7.04. The molecule has 0 saturated carbocycles. The highest BCUT2D eigenvalue weighted by Gasteiger charge is 2.28. The fraction of sp³-hybridized carbons (Fsp3) is 0.417. The second-order valence-electron chi connectivity index (χ2n) is 4.91. The van der Waals surface area contributed by atoms with E-state index in [1.807, 2.05) is 50.0 Å². The Balaban J connectivity index is 2.65. The molecule has 0 aliphatic carbocycles. The van der Waals surface area contributed by atoms with Crippen LogP contribution in [0.15, 0.2) is 30.3 Å². The number of carbonyl (C=O) groups is 1. The zero-order valence-corrected chi connectivity index (χ0v) is 10.7. The highest BCUT2D eigenvalue weighted by atomic mass is 28.3. The molecule has 1 aromatic rings. The lowest BCUT2D eigenvalue weighted by molar-refractivity contribution is -0.113. The van der Waals surface area contributed by atoms with Gasteiger partial charge in [-0.3, -0.25) is 0 Å². The number of nitrogens with two attached hydrogens (primary N) is 1. The minimum Gasteiger partial charge on any atom is -0.322 e. The second-order valence-corrected chi connectivity index (χ2v) is 9.90. The maximum atomic E-state index is 11.9. The van der Waals surface area contributed by atoms with Crippen LogP contribution in [0.2, 0.25) is 19.6 Å². The summed E-state index contributed by atoms with van der Waals surface area (Å²) < 4.78 is 0. The van der Waals surface area contributed by atoms with E-state index in [0.29, 0.717) is 6.42 Å². The van der Waals surface area contributed by atoms with Gasteiger partial charge < -0.3 is 10.5 Å². The van der Waals surface area contributed by atoms with Crippen molar-refractivity contribution < 1.29 is 4.79 Å². The summed E-state index contributed by atoms with van der Waals surface area (Å²) in [6.45, 7) is 6.13. The molecule has 0 unspecified atom stereocenters. The average Bonchev–Trinajstić information content (AvgIpc) is 2.16. The Morgan fingerprint density at radius 1 is 1.27 bits per heavy atom. The van der Waals surface area contributed by atoms with E-state index >= 15 is 0 Å². The largest absolute Gasteiger partial charge is 0.322 e. The van der Waals surface area contributed by atoms with E-state index in [1.165, 1.54) is 0 Å². The van der Waals surface area contributed by atoms with Crippen LogP contribution in [0.1, 0.15) is 5.56 Å². The van der Waals surface area contributed by atoms with E-state index in [4.69, 9.17) is 5.73 Å². The molecule has 2 N–H and O–H groups in total. The van der Waals surface area contributed by atoms with Crippen molar-refractivity contribution in [2.45, 2.75) is 32.1 Å². The molecular weight excluding hydrogens is 202 g/mol. The molecule has 82 valence electrons. The molecule has 3 heteroatoms. The van der Waals surface area contributed by atoms with Gasteiger partial charge in [0.1, 0.15) is 13.5 Å². The summed E-state index contributed by atoms with van der Waals surface area (Å²) >= 11 is 0. The van der Waals surface area contributed by atoms with Crippen molar-refractivity contribution in [3.8, 4) is 0 Å². The first-order chi connectivity index (χ1) is 6.91. The summed E-state index contributed by atoms with van der Waals surface area (Å²) in [5.41, 5.74) is 7.06. The molecule has 0 aromatic heterocycles. The van der Waals surface area contributed by atoms with Crippen molar-refractivity contribution in [1.29, 1.82) is 0 Å². The summed E-state index contributed by atoms with van der Waals surface area (Å²) in [7, 11) is -1.74. The molecule has 0 aliphatic heterocycles. The van der Waals surface area contributed by atoms with Crippen LogP contribution in [0.4, 0.5) is 0 Å².